The van der Waals surface area contributed by atoms with Gasteiger partial charge in [-0.25, -0.2) is 0 Å². The van der Waals surface area contributed by atoms with Crippen LogP contribution in [0.2, 0.25) is 0 Å². The van der Waals surface area contributed by atoms with Gasteiger partial charge in [0, 0.05) is 24.4 Å². The summed E-state index contributed by atoms with van der Waals surface area (Å²) in [6.45, 7) is 1.89. The van der Waals surface area contributed by atoms with E-state index in [1.54, 1.807) is 23.3 Å². The largest absolute Gasteiger partial charge is 0.409 e. The highest BCUT2D eigenvalue weighted by Gasteiger charge is 2.22. The molecule has 0 saturated carbocycles. The Labute approximate surface area is 123 Å². The molecule has 0 spiro atoms. The number of oxime groups is 1. The van der Waals surface area contributed by atoms with Crippen LogP contribution in [0, 0.1) is 0 Å². The Hall–Kier alpha value is -1.56. The third-order valence-electron chi connectivity index (χ3n) is 3.82. The fourth-order valence-electron chi connectivity index (χ4n) is 2.45. The second-order valence-electron chi connectivity index (χ2n) is 5.33. The maximum Gasteiger partial charge on any atom is 0.263 e. The highest BCUT2D eigenvalue weighted by atomic mass is 32.1. The monoisotopic (exact) mass is 295 g/mol. The molecule has 0 fully saturated rings. The lowest BCUT2D eigenvalue weighted by Crippen LogP contribution is -2.37. The Morgan fingerprint density at radius 1 is 1.55 bits per heavy atom. The molecular formula is C14H21N3O2S. The zero-order chi connectivity index (χ0) is 14.7. The van der Waals surface area contributed by atoms with Crippen LogP contribution in [0.4, 0.5) is 0 Å². The Bertz CT molecular complexity index is 501. The summed E-state index contributed by atoms with van der Waals surface area (Å²) in [5, 5.41) is 11.5. The van der Waals surface area contributed by atoms with Gasteiger partial charge in [-0.2, -0.15) is 0 Å². The van der Waals surface area contributed by atoms with Crippen molar-refractivity contribution in [3.8, 4) is 0 Å². The van der Waals surface area contributed by atoms with Gasteiger partial charge in [-0.15, -0.1) is 11.3 Å². The van der Waals surface area contributed by atoms with Gasteiger partial charge in [0.1, 0.15) is 5.84 Å². The number of nitrogens with zero attached hydrogens (tertiary/aromatic N) is 2. The van der Waals surface area contributed by atoms with Crippen molar-refractivity contribution in [2.24, 2.45) is 10.9 Å². The van der Waals surface area contributed by atoms with Crippen LogP contribution in [0.25, 0.3) is 0 Å². The van der Waals surface area contributed by atoms with Gasteiger partial charge in [0.25, 0.3) is 5.91 Å². The average Bonchev–Trinajstić information content (AvgIpc) is 2.89. The van der Waals surface area contributed by atoms with Crippen LogP contribution >= 0.6 is 11.3 Å². The van der Waals surface area contributed by atoms with Crippen LogP contribution in [0.1, 0.15) is 46.3 Å². The molecule has 1 amide bonds. The fourth-order valence-corrected chi connectivity index (χ4v) is 3.69. The van der Waals surface area contributed by atoms with E-state index in [1.807, 2.05) is 13.0 Å². The smallest absolute Gasteiger partial charge is 0.263 e. The zero-order valence-electron chi connectivity index (χ0n) is 11.9. The summed E-state index contributed by atoms with van der Waals surface area (Å²) in [7, 11) is 1.76. The number of carbonyl (C=O) groups excluding carboxylic acids is 1. The van der Waals surface area contributed by atoms with Crippen LogP contribution in [-0.2, 0) is 12.8 Å². The minimum atomic E-state index is -0.0995. The molecule has 1 aromatic rings. The Balaban J connectivity index is 2.08. The van der Waals surface area contributed by atoms with Crippen molar-refractivity contribution in [2.45, 2.75) is 45.1 Å². The Kier molecular flexibility index (Phi) is 4.65. The molecule has 0 aliphatic heterocycles. The van der Waals surface area contributed by atoms with E-state index in [0.717, 1.165) is 17.7 Å². The molecule has 2 rings (SSSR count). The van der Waals surface area contributed by atoms with E-state index in [2.05, 4.69) is 5.16 Å². The molecule has 1 heterocycles. The van der Waals surface area contributed by atoms with Crippen LogP contribution in [0.5, 0.6) is 0 Å². The van der Waals surface area contributed by atoms with Crippen LogP contribution < -0.4 is 5.73 Å². The molecule has 5 nitrogen and oxygen atoms in total. The van der Waals surface area contributed by atoms with Gasteiger partial charge in [-0.3, -0.25) is 4.79 Å². The maximum atomic E-state index is 12.5. The fraction of sp³-hybridized carbons (Fsp3) is 0.571. The molecule has 110 valence electrons. The second kappa shape index (κ2) is 6.26. The molecule has 20 heavy (non-hydrogen) atoms. The van der Waals surface area contributed by atoms with Crippen molar-refractivity contribution in [1.82, 2.24) is 4.90 Å². The lowest BCUT2D eigenvalue weighted by Gasteiger charge is -2.23. The van der Waals surface area contributed by atoms with Crippen LogP contribution in [-0.4, -0.2) is 34.9 Å². The summed E-state index contributed by atoms with van der Waals surface area (Å²) < 4.78 is 0. The molecule has 1 aromatic heterocycles. The summed E-state index contributed by atoms with van der Waals surface area (Å²) >= 11 is 1.61. The van der Waals surface area contributed by atoms with E-state index in [0.29, 0.717) is 6.42 Å². The van der Waals surface area contributed by atoms with Crippen molar-refractivity contribution < 1.29 is 10.0 Å². The lowest BCUT2D eigenvalue weighted by atomic mass is 9.99. The average molecular weight is 295 g/mol. The highest BCUT2D eigenvalue weighted by Crippen LogP contribution is 2.30. The van der Waals surface area contributed by atoms with E-state index in [-0.39, 0.29) is 17.8 Å². The third-order valence-corrected chi connectivity index (χ3v) is 5.05. The second-order valence-corrected chi connectivity index (χ2v) is 6.46. The molecule has 0 aromatic carbocycles. The van der Waals surface area contributed by atoms with Crippen molar-refractivity contribution in [1.29, 1.82) is 0 Å². The number of hydrogen-bond acceptors (Lipinski definition) is 4. The molecule has 1 unspecified atom stereocenters. The molecule has 1 atom stereocenters. The Morgan fingerprint density at radius 2 is 2.25 bits per heavy atom. The third kappa shape index (κ3) is 3.12. The van der Waals surface area contributed by atoms with E-state index in [9.17, 15) is 4.79 Å². The summed E-state index contributed by atoms with van der Waals surface area (Å²) in [6, 6.07) is 1.94. The molecule has 1 aliphatic rings. The van der Waals surface area contributed by atoms with Crippen molar-refractivity contribution in [3.05, 3.63) is 21.4 Å². The van der Waals surface area contributed by atoms with Gasteiger partial charge in [-0.05, 0) is 44.2 Å². The number of nitrogens with two attached hydrogens (primary N) is 1. The number of amides is 1. The Morgan fingerprint density at radius 3 is 2.90 bits per heavy atom. The van der Waals surface area contributed by atoms with Gasteiger partial charge in [0.15, 0.2) is 0 Å². The van der Waals surface area contributed by atoms with Gasteiger partial charge < -0.3 is 15.8 Å². The minimum absolute atomic E-state index is 0.0163. The number of amidine groups is 1. The quantitative estimate of drug-likeness (QED) is 0.387. The SMILES string of the molecule is CC(CC(N)=NO)N(C)C(=O)c1cc2c(s1)CCCC2. The van der Waals surface area contributed by atoms with Crippen molar-refractivity contribution in [3.63, 3.8) is 0 Å². The number of rotatable bonds is 4. The number of aryl methyl sites for hydroxylation is 2. The minimum Gasteiger partial charge on any atom is -0.409 e. The first kappa shape index (κ1) is 14.8. The summed E-state index contributed by atoms with van der Waals surface area (Å²) in [6.07, 6.45) is 4.98. The molecular weight excluding hydrogens is 274 g/mol. The van der Waals surface area contributed by atoms with Gasteiger partial charge in [0.2, 0.25) is 0 Å². The molecule has 1 aliphatic carbocycles. The zero-order valence-corrected chi connectivity index (χ0v) is 12.7. The first-order chi connectivity index (χ1) is 9.52. The highest BCUT2D eigenvalue weighted by molar-refractivity contribution is 7.14. The topological polar surface area (TPSA) is 78.9 Å². The van der Waals surface area contributed by atoms with E-state index < -0.39 is 0 Å². The van der Waals surface area contributed by atoms with Gasteiger partial charge in [-0.1, -0.05) is 5.16 Å². The van der Waals surface area contributed by atoms with Crippen LogP contribution in [0.15, 0.2) is 11.2 Å². The first-order valence-corrected chi connectivity index (χ1v) is 7.69. The normalized spacial score (nSPS) is 16.6. The standard InChI is InChI=1S/C14H21N3O2S/c1-9(7-13(15)16-19)17(2)14(18)12-8-10-5-3-4-6-11(10)20-12/h8-9,19H,3-7H2,1-2H3,(H2,15,16). The van der Waals surface area contributed by atoms with Gasteiger partial charge in [0.05, 0.1) is 4.88 Å². The molecule has 3 N–H and O–H groups in total. The summed E-state index contributed by atoms with van der Waals surface area (Å²) in [5.74, 6) is 0.158. The maximum absolute atomic E-state index is 12.5. The number of carbonyl (C=O) groups is 1. The molecule has 0 radical (unpaired) electrons. The molecule has 0 saturated heterocycles. The van der Waals surface area contributed by atoms with E-state index >= 15 is 0 Å². The number of hydrogen-bond donors (Lipinski definition) is 2. The lowest BCUT2D eigenvalue weighted by molar-refractivity contribution is 0.0752. The number of thiophene rings is 1. The number of fused-ring (bicyclic) bond motifs is 1. The van der Waals surface area contributed by atoms with Gasteiger partial charge >= 0.3 is 0 Å². The van der Waals surface area contributed by atoms with E-state index in [4.69, 9.17) is 10.9 Å². The van der Waals surface area contributed by atoms with E-state index in [1.165, 1.54) is 23.3 Å². The molecule has 0 bridgehead atoms. The van der Waals surface area contributed by atoms with Crippen molar-refractivity contribution >= 4 is 23.1 Å². The first-order valence-electron chi connectivity index (χ1n) is 6.88. The summed E-state index contributed by atoms with van der Waals surface area (Å²) in [5.41, 5.74) is 6.83. The van der Waals surface area contributed by atoms with Crippen molar-refractivity contribution in [2.75, 3.05) is 7.05 Å². The summed E-state index contributed by atoms with van der Waals surface area (Å²) in [4.78, 5) is 16.3. The van der Waals surface area contributed by atoms with Crippen LogP contribution in [0.3, 0.4) is 0 Å². The predicted molar refractivity (Wildman–Crippen MR) is 80.5 cm³/mol. The predicted octanol–water partition coefficient (Wildman–Crippen LogP) is 2.22. The molecule has 6 heteroatoms.